The predicted octanol–water partition coefficient (Wildman–Crippen LogP) is 7.35. The molecule has 1 unspecified atom stereocenters. The third-order valence-electron chi connectivity index (χ3n) is 5.71. The van der Waals surface area contributed by atoms with Crippen LogP contribution in [0.15, 0.2) is 35.1 Å². The van der Waals surface area contributed by atoms with Gasteiger partial charge in [-0.2, -0.15) is 0 Å². The van der Waals surface area contributed by atoms with E-state index in [9.17, 15) is 19.3 Å². The predicted molar refractivity (Wildman–Crippen MR) is 137 cm³/mol. The summed E-state index contributed by atoms with van der Waals surface area (Å²) in [6, 6.07) is 2.44. The highest BCUT2D eigenvalue weighted by Gasteiger charge is 2.30. The summed E-state index contributed by atoms with van der Waals surface area (Å²) >= 11 is 12.3. The van der Waals surface area contributed by atoms with E-state index in [2.05, 4.69) is 4.98 Å². The molecule has 1 aliphatic heterocycles. The van der Waals surface area contributed by atoms with E-state index in [1.54, 1.807) is 25.7 Å². The van der Waals surface area contributed by atoms with Crippen LogP contribution in [0.1, 0.15) is 51.3 Å². The maximum atomic E-state index is 14.1. The van der Waals surface area contributed by atoms with Crippen molar-refractivity contribution in [1.29, 1.82) is 0 Å². The SMILES string of the molecule is CC(Oc1c([N+](=O)[O-])ncc2c(C3=CCN(C(=O)OC(C)(C)C)CC3)coc12)c1c(Cl)ccc(F)c1Cl. The van der Waals surface area contributed by atoms with Gasteiger partial charge in [0.2, 0.25) is 0 Å². The molecule has 0 bridgehead atoms. The van der Waals surface area contributed by atoms with Crippen LogP contribution in [0.5, 0.6) is 5.75 Å². The Bertz CT molecular complexity index is 1420. The van der Waals surface area contributed by atoms with Gasteiger partial charge in [0.15, 0.2) is 11.8 Å². The van der Waals surface area contributed by atoms with E-state index in [0.717, 1.165) is 11.6 Å². The lowest BCUT2D eigenvalue weighted by atomic mass is 9.99. The molecule has 0 radical (unpaired) electrons. The lowest BCUT2D eigenvalue weighted by molar-refractivity contribution is -0.390. The average molecular weight is 552 g/mol. The van der Waals surface area contributed by atoms with Crippen molar-refractivity contribution >= 4 is 51.7 Å². The van der Waals surface area contributed by atoms with E-state index < -0.39 is 34.4 Å². The molecule has 1 aromatic carbocycles. The zero-order valence-electron chi connectivity index (χ0n) is 20.5. The third kappa shape index (κ3) is 5.50. The molecule has 2 aromatic heterocycles. The van der Waals surface area contributed by atoms with Crippen molar-refractivity contribution in [3.63, 3.8) is 0 Å². The molecule has 37 heavy (non-hydrogen) atoms. The zero-order chi connectivity index (χ0) is 27.1. The van der Waals surface area contributed by atoms with E-state index in [-0.39, 0.29) is 26.9 Å². The van der Waals surface area contributed by atoms with Gasteiger partial charge < -0.3 is 28.9 Å². The molecule has 1 aliphatic rings. The summed E-state index contributed by atoms with van der Waals surface area (Å²) in [5.74, 6) is -1.51. The van der Waals surface area contributed by atoms with Gasteiger partial charge in [-0.1, -0.05) is 29.3 Å². The van der Waals surface area contributed by atoms with Crippen molar-refractivity contribution in [3.05, 3.63) is 67.8 Å². The number of hydrogen-bond acceptors (Lipinski definition) is 7. The van der Waals surface area contributed by atoms with Crippen LogP contribution in [0.2, 0.25) is 10.0 Å². The molecular weight excluding hydrogens is 528 g/mol. The second-order valence-electron chi connectivity index (χ2n) is 9.48. The van der Waals surface area contributed by atoms with E-state index in [4.69, 9.17) is 37.1 Å². The molecule has 0 fully saturated rings. The fraction of sp³-hybridized carbons (Fsp3) is 0.360. The van der Waals surface area contributed by atoms with Crippen molar-refractivity contribution in [2.24, 2.45) is 0 Å². The first-order chi connectivity index (χ1) is 17.4. The van der Waals surface area contributed by atoms with Gasteiger partial charge in [-0.05, 0) is 61.7 Å². The van der Waals surface area contributed by atoms with Crippen LogP contribution in [-0.4, -0.2) is 39.6 Å². The summed E-state index contributed by atoms with van der Waals surface area (Å²) in [6.45, 7) is 7.69. The number of furan rings is 1. The van der Waals surface area contributed by atoms with Crippen LogP contribution >= 0.6 is 23.2 Å². The summed E-state index contributed by atoms with van der Waals surface area (Å²) in [4.78, 5) is 29.0. The number of aromatic nitrogens is 1. The van der Waals surface area contributed by atoms with Gasteiger partial charge in [0.05, 0.1) is 16.7 Å². The highest BCUT2D eigenvalue weighted by atomic mass is 35.5. The molecule has 3 heterocycles. The molecule has 4 rings (SSSR count). The lowest BCUT2D eigenvalue weighted by Crippen LogP contribution is -2.39. The first kappa shape index (κ1) is 26.7. The van der Waals surface area contributed by atoms with Crippen molar-refractivity contribution in [1.82, 2.24) is 9.88 Å². The second kappa shape index (κ2) is 10.2. The Balaban J connectivity index is 1.68. The van der Waals surface area contributed by atoms with Gasteiger partial charge in [0.25, 0.3) is 5.75 Å². The molecule has 3 aromatic rings. The van der Waals surface area contributed by atoms with Crippen LogP contribution in [-0.2, 0) is 4.74 Å². The standard InChI is InChI=1S/C25H24Cl2FN3O6/c1-13(19-17(26)5-6-18(28)20(19)27)36-22-21-15(11-29-23(22)31(33)34)16(12-35-21)14-7-9-30(10-8-14)24(32)37-25(2,3)4/h5-7,11-13H,8-10H2,1-4H3. The molecular formula is C25H24Cl2FN3O6. The third-order valence-corrected chi connectivity index (χ3v) is 6.43. The Labute approximate surface area is 221 Å². The summed E-state index contributed by atoms with van der Waals surface area (Å²) in [7, 11) is 0. The van der Waals surface area contributed by atoms with Gasteiger partial charge in [-0.3, -0.25) is 0 Å². The summed E-state index contributed by atoms with van der Waals surface area (Å²) in [6.07, 6.45) is 3.81. The van der Waals surface area contributed by atoms with Gasteiger partial charge in [0, 0.05) is 29.2 Å². The van der Waals surface area contributed by atoms with Gasteiger partial charge in [-0.15, -0.1) is 0 Å². The Hall–Kier alpha value is -3.37. The summed E-state index contributed by atoms with van der Waals surface area (Å²) < 4.78 is 31.1. The highest BCUT2D eigenvalue weighted by Crippen LogP contribution is 2.42. The van der Waals surface area contributed by atoms with Crippen LogP contribution in [0.4, 0.5) is 15.0 Å². The minimum atomic E-state index is -0.966. The summed E-state index contributed by atoms with van der Waals surface area (Å²) in [5, 5.41) is 12.1. The first-order valence-corrected chi connectivity index (χ1v) is 12.1. The van der Waals surface area contributed by atoms with Gasteiger partial charge >= 0.3 is 11.9 Å². The van der Waals surface area contributed by atoms with Crippen LogP contribution in [0.3, 0.4) is 0 Å². The maximum absolute atomic E-state index is 14.1. The van der Waals surface area contributed by atoms with E-state index in [0.29, 0.717) is 30.5 Å². The Kier molecular flexibility index (Phi) is 7.34. The smallest absolute Gasteiger partial charge is 0.410 e. The largest absolute Gasteiger partial charge is 0.475 e. The van der Waals surface area contributed by atoms with Crippen LogP contribution in [0.25, 0.3) is 16.5 Å². The molecule has 0 saturated heterocycles. The lowest BCUT2D eigenvalue weighted by Gasteiger charge is -2.29. The van der Waals surface area contributed by atoms with Crippen molar-refractivity contribution in [2.75, 3.05) is 13.1 Å². The quantitative estimate of drug-likeness (QED) is 0.185. The molecule has 1 amide bonds. The van der Waals surface area contributed by atoms with Crippen LogP contribution < -0.4 is 4.74 Å². The molecule has 0 N–H and O–H groups in total. The van der Waals surface area contributed by atoms with Crippen molar-refractivity contribution < 1.29 is 28.0 Å². The normalized spacial score (nSPS) is 14.9. The van der Waals surface area contributed by atoms with Crippen LogP contribution in [0, 0.1) is 15.9 Å². The van der Waals surface area contributed by atoms with E-state index >= 15 is 0 Å². The second-order valence-corrected chi connectivity index (χ2v) is 10.3. The molecule has 196 valence electrons. The molecule has 0 aliphatic carbocycles. The highest BCUT2D eigenvalue weighted by molar-refractivity contribution is 6.36. The number of pyridine rings is 1. The number of ether oxygens (including phenoxy) is 2. The fourth-order valence-corrected chi connectivity index (χ4v) is 4.68. The number of halogens is 3. The van der Waals surface area contributed by atoms with Crippen molar-refractivity contribution in [3.8, 4) is 5.75 Å². The number of nitrogens with zero attached hydrogens (tertiary/aromatic N) is 3. The van der Waals surface area contributed by atoms with Gasteiger partial charge in [-0.25, -0.2) is 9.18 Å². The molecule has 1 atom stereocenters. The zero-order valence-corrected chi connectivity index (χ0v) is 22.0. The molecule has 9 nitrogen and oxygen atoms in total. The monoisotopic (exact) mass is 551 g/mol. The first-order valence-electron chi connectivity index (χ1n) is 11.4. The number of rotatable bonds is 5. The number of nitro groups is 1. The maximum Gasteiger partial charge on any atom is 0.410 e. The topological polar surface area (TPSA) is 108 Å². The number of hydrogen-bond donors (Lipinski definition) is 0. The van der Waals surface area contributed by atoms with E-state index in [1.165, 1.54) is 25.5 Å². The summed E-state index contributed by atoms with van der Waals surface area (Å²) in [5.41, 5.74) is 1.18. The van der Waals surface area contributed by atoms with Gasteiger partial charge in [0.1, 0.15) is 17.5 Å². The number of fused-ring (bicyclic) bond motifs is 1. The Morgan fingerprint density at radius 3 is 2.68 bits per heavy atom. The van der Waals surface area contributed by atoms with Crippen molar-refractivity contribution in [2.45, 2.75) is 45.8 Å². The minimum Gasteiger partial charge on any atom is -0.475 e. The number of carbonyl (C=O) groups excluding carboxylic acids is 1. The number of carbonyl (C=O) groups is 1. The minimum absolute atomic E-state index is 0.0997. The fourth-order valence-electron chi connectivity index (χ4n) is 4.00. The Morgan fingerprint density at radius 2 is 2.05 bits per heavy atom. The Morgan fingerprint density at radius 1 is 1.32 bits per heavy atom. The number of amides is 1. The number of benzene rings is 1. The molecule has 12 heteroatoms. The average Bonchev–Trinajstić information content (AvgIpc) is 3.25. The molecule has 0 spiro atoms. The molecule has 0 saturated carbocycles. The van der Waals surface area contributed by atoms with E-state index in [1.807, 2.05) is 6.08 Å².